The van der Waals surface area contributed by atoms with E-state index >= 15 is 0 Å². The summed E-state index contributed by atoms with van der Waals surface area (Å²) in [6.07, 6.45) is 6.17. The number of imidazole rings is 1. The van der Waals surface area contributed by atoms with Gasteiger partial charge in [-0.3, -0.25) is 4.57 Å². The first-order chi connectivity index (χ1) is 8.26. The molecule has 0 fully saturated rings. The van der Waals surface area contributed by atoms with E-state index in [0.29, 0.717) is 5.65 Å². The van der Waals surface area contributed by atoms with Crippen LogP contribution in [-0.2, 0) is 13.0 Å². The zero-order chi connectivity index (χ0) is 12.3. The summed E-state index contributed by atoms with van der Waals surface area (Å²) in [4.78, 5) is 8.34. The summed E-state index contributed by atoms with van der Waals surface area (Å²) in [5.41, 5.74) is 2.75. The Labute approximate surface area is 101 Å². The van der Waals surface area contributed by atoms with Crippen molar-refractivity contribution in [1.82, 2.24) is 14.5 Å². The average molecular weight is 233 g/mol. The summed E-state index contributed by atoms with van der Waals surface area (Å²) in [6, 6.07) is 2.15. The topological polar surface area (TPSA) is 50.9 Å². The highest BCUT2D eigenvalue weighted by atomic mass is 16.3. The van der Waals surface area contributed by atoms with Gasteiger partial charge in [-0.25, -0.2) is 4.98 Å². The molecule has 2 rings (SSSR count). The van der Waals surface area contributed by atoms with Gasteiger partial charge in [0.1, 0.15) is 0 Å². The third kappa shape index (κ3) is 2.40. The first-order valence-corrected chi connectivity index (χ1v) is 6.30. The molecule has 0 bridgehead atoms. The molecule has 0 atom stereocenters. The number of unbranched alkanes of at least 4 members (excludes halogenated alkanes) is 2. The number of hydrogen-bond donors (Lipinski definition) is 1. The summed E-state index contributed by atoms with van der Waals surface area (Å²) >= 11 is 0. The molecule has 0 aliphatic carbocycles. The molecule has 4 heteroatoms. The molecule has 92 valence electrons. The second-order valence-corrected chi connectivity index (χ2v) is 4.31. The summed E-state index contributed by atoms with van der Waals surface area (Å²) in [7, 11) is 0. The minimum atomic E-state index is 0.0804. The van der Waals surface area contributed by atoms with Gasteiger partial charge in [-0.1, -0.05) is 26.7 Å². The predicted molar refractivity (Wildman–Crippen MR) is 68.1 cm³/mol. The molecule has 4 nitrogen and oxygen atoms in total. The van der Waals surface area contributed by atoms with Gasteiger partial charge in [-0.05, 0) is 24.5 Å². The highest BCUT2D eigenvalue weighted by Crippen LogP contribution is 2.20. The first-order valence-electron chi connectivity index (χ1n) is 6.30. The summed E-state index contributed by atoms with van der Waals surface area (Å²) in [5.74, 6) is 0. The van der Waals surface area contributed by atoms with Crippen molar-refractivity contribution in [3.63, 3.8) is 0 Å². The van der Waals surface area contributed by atoms with Gasteiger partial charge in [-0.15, -0.1) is 0 Å². The fourth-order valence-corrected chi connectivity index (χ4v) is 1.97. The molecule has 17 heavy (non-hydrogen) atoms. The maximum Gasteiger partial charge on any atom is 0.296 e. The Morgan fingerprint density at radius 3 is 2.82 bits per heavy atom. The molecule has 0 aliphatic heterocycles. The molecule has 2 heterocycles. The van der Waals surface area contributed by atoms with Crippen molar-refractivity contribution < 1.29 is 5.11 Å². The maximum atomic E-state index is 9.81. The molecule has 0 aliphatic rings. The Morgan fingerprint density at radius 1 is 1.29 bits per heavy atom. The quantitative estimate of drug-likeness (QED) is 0.808. The standard InChI is InChI=1S/C13H19N3O/c1-3-5-6-7-16-11-8-10(4-2)9-14-12(11)15-13(16)17/h8-9H,3-7H2,1-2H3,(H,14,15,17). The Bertz CT molecular complexity index is 505. The van der Waals surface area contributed by atoms with Gasteiger partial charge < -0.3 is 5.11 Å². The van der Waals surface area contributed by atoms with E-state index in [2.05, 4.69) is 29.9 Å². The number of hydrogen-bond acceptors (Lipinski definition) is 3. The average Bonchev–Trinajstić information content (AvgIpc) is 2.65. The van der Waals surface area contributed by atoms with Crippen LogP contribution in [0.5, 0.6) is 6.01 Å². The number of rotatable bonds is 5. The van der Waals surface area contributed by atoms with E-state index in [1.54, 1.807) is 0 Å². The number of nitrogens with zero attached hydrogens (tertiary/aromatic N) is 3. The fourth-order valence-electron chi connectivity index (χ4n) is 1.97. The number of pyridine rings is 1. The van der Waals surface area contributed by atoms with Crippen LogP contribution in [0.3, 0.4) is 0 Å². The third-order valence-corrected chi connectivity index (χ3v) is 3.04. The molecule has 0 unspecified atom stereocenters. The number of aromatic hydroxyl groups is 1. The van der Waals surface area contributed by atoms with E-state index in [9.17, 15) is 5.11 Å². The maximum absolute atomic E-state index is 9.81. The molecule has 0 aromatic carbocycles. The van der Waals surface area contributed by atoms with E-state index in [0.717, 1.165) is 24.9 Å². The molecule has 2 aromatic rings. The van der Waals surface area contributed by atoms with Crippen LogP contribution in [0.15, 0.2) is 12.3 Å². The van der Waals surface area contributed by atoms with Crippen LogP contribution >= 0.6 is 0 Å². The number of fused-ring (bicyclic) bond motifs is 1. The van der Waals surface area contributed by atoms with E-state index in [1.807, 2.05) is 10.8 Å². The van der Waals surface area contributed by atoms with Gasteiger partial charge in [0.15, 0.2) is 5.65 Å². The number of aryl methyl sites for hydroxylation is 2. The zero-order valence-corrected chi connectivity index (χ0v) is 10.5. The van der Waals surface area contributed by atoms with Crippen molar-refractivity contribution in [2.45, 2.75) is 46.1 Å². The number of aromatic nitrogens is 3. The molecule has 2 aromatic heterocycles. The summed E-state index contributed by atoms with van der Waals surface area (Å²) in [5, 5.41) is 9.81. The van der Waals surface area contributed by atoms with Crippen LogP contribution in [0.25, 0.3) is 11.2 Å². The van der Waals surface area contributed by atoms with Gasteiger partial charge in [0.05, 0.1) is 5.52 Å². The normalized spacial score (nSPS) is 11.2. The SMILES string of the molecule is CCCCCn1c(O)nc2ncc(CC)cc21. The molecule has 0 saturated heterocycles. The van der Waals surface area contributed by atoms with E-state index in [4.69, 9.17) is 0 Å². The van der Waals surface area contributed by atoms with Crippen LogP contribution in [0.2, 0.25) is 0 Å². The summed E-state index contributed by atoms with van der Waals surface area (Å²) in [6.45, 7) is 5.08. The third-order valence-electron chi connectivity index (χ3n) is 3.04. The first kappa shape index (κ1) is 11.9. The molecular formula is C13H19N3O. The predicted octanol–water partition coefficient (Wildman–Crippen LogP) is 2.89. The van der Waals surface area contributed by atoms with Crippen molar-refractivity contribution >= 4 is 11.2 Å². The van der Waals surface area contributed by atoms with Gasteiger partial charge in [0, 0.05) is 12.7 Å². The van der Waals surface area contributed by atoms with Gasteiger partial charge >= 0.3 is 0 Å². The monoisotopic (exact) mass is 233 g/mol. The van der Waals surface area contributed by atoms with Crippen molar-refractivity contribution in [3.05, 3.63) is 17.8 Å². The molecule has 0 spiro atoms. The van der Waals surface area contributed by atoms with Crippen LogP contribution in [0.1, 0.15) is 38.7 Å². The lowest BCUT2D eigenvalue weighted by Crippen LogP contribution is -1.98. The minimum Gasteiger partial charge on any atom is -0.480 e. The molecular weight excluding hydrogens is 214 g/mol. The van der Waals surface area contributed by atoms with Crippen LogP contribution in [-0.4, -0.2) is 19.6 Å². The minimum absolute atomic E-state index is 0.0804. The molecule has 0 radical (unpaired) electrons. The van der Waals surface area contributed by atoms with Gasteiger partial charge in [0.2, 0.25) is 0 Å². The highest BCUT2D eigenvalue weighted by Gasteiger charge is 2.10. The second-order valence-electron chi connectivity index (χ2n) is 4.31. The lowest BCUT2D eigenvalue weighted by Gasteiger charge is -2.05. The van der Waals surface area contributed by atoms with Crippen LogP contribution < -0.4 is 0 Å². The van der Waals surface area contributed by atoms with Gasteiger partial charge in [0.25, 0.3) is 6.01 Å². The second kappa shape index (κ2) is 5.17. The summed E-state index contributed by atoms with van der Waals surface area (Å²) < 4.78 is 1.86. The highest BCUT2D eigenvalue weighted by molar-refractivity contribution is 5.73. The lowest BCUT2D eigenvalue weighted by molar-refractivity contribution is 0.397. The van der Waals surface area contributed by atoms with Gasteiger partial charge in [-0.2, -0.15) is 4.98 Å². The zero-order valence-electron chi connectivity index (χ0n) is 10.5. The Balaban J connectivity index is 2.34. The fraction of sp³-hybridized carbons (Fsp3) is 0.538. The molecule has 0 saturated carbocycles. The lowest BCUT2D eigenvalue weighted by atomic mass is 10.2. The Kier molecular flexibility index (Phi) is 3.61. The van der Waals surface area contributed by atoms with Crippen molar-refractivity contribution in [2.75, 3.05) is 0 Å². The largest absolute Gasteiger partial charge is 0.480 e. The van der Waals surface area contributed by atoms with Crippen molar-refractivity contribution in [1.29, 1.82) is 0 Å². The van der Waals surface area contributed by atoms with Crippen LogP contribution in [0.4, 0.5) is 0 Å². The van der Waals surface area contributed by atoms with E-state index in [-0.39, 0.29) is 6.01 Å². The van der Waals surface area contributed by atoms with E-state index < -0.39 is 0 Å². The molecule has 1 N–H and O–H groups in total. The van der Waals surface area contributed by atoms with E-state index in [1.165, 1.54) is 18.4 Å². The smallest absolute Gasteiger partial charge is 0.296 e. The Morgan fingerprint density at radius 2 is 2.12 bits per heavy atom. The van der Waals surface area contributed by atoms with Crippen molar-refractivity contribution in [2.24, 2.45) is 0 Å². The van der Waals surface area contributed by atoms with Crippen molar-refractivity contribution in [3.8, 4) is 6.01 Å². The molecule has 0 amide bonds. The van der Waals surface area contributed by atoms with Crippen LogP contribution in [0, 0.1) is 0 Å². The Hall–Kier alpha value is -1.58.